The van der Waals surface area contributed by atoms with Crippen LogP contribution in [0.15, 0.2) is 0 Å². The van der Waals surface area contributed by atoms with Gasteiger partial charge >= 0.3 is 11.9 Å². The molecule has 0 aromatic rings. The van der Waals surface area contributed by atoms with Crippen molar-refractivity contribution in [2.24, 2.45) is 0 Å². The standard InChI is InChI=1S/C8H12O4/c1-11-7(9)5-3-4-6-8(10)12-2/h1-6H2. The van der Waals surface area contributed by atoms with Crippen molar-refractivity contribution in [1.29, 1.82) is 0 Å². The van der Waals surface area contributed by atoms with E-state index in [0.29, 0.717) is 12.8 Å². The highest BCUT2D eigenvalue weighted by Gasteiger charge is 2.02. The predicted octanol–water partition coefficient (Wildman–Crippen LogP) is 1.22. The van der Waals surface area contributed by atoms with E-state index < -0.39 is 0 Å². The Morgan fingerprint density at radius 2 is 1.25 bits per heavy atom. The molecule has 0 aliphatic rings. The molecule has 0 N–H and O–H groups in total. The van der Waals surface area contributed by atoms with Gasteiger partial charge in [0, 0.05) is 12.8 Å². The number of carbonyl (C=O) groups is 2. The Balaban J connectivity index is 3.21. The highest BCUT2D eigenvalue weighted by atomic mass is 16.5. The second-order valence-electron chi connectivity index (χ2n) is 2.24. The maximum absolute atomic E-state index is 10.5. The Morgan fingerprint density at radius 3 is 1.50 bits per heavy atom. The summed E-state index contributed by atoms with van der Waals surface area (Å²) in [4.78, 5) is 21.0. The van der Waals surface area contributed by atoms with Gasteiger partial charge in [0.25, 0.3) is 0 Å². The molecule has 0 bridgehead atoms. The molecule has 0 aliphatic carbocycles. The van der Waals surface area contributed by atoms with Crippen molar-refractivity contribution in [3.63, 3.8) is 0 Å². The van der Waals surface area contributed by atoms with Gasteiger partial charge in [0.2, 0.25) is 0 Å². The van der Waals surface area contributed by atoms with Gasteiger partial charge in [-0.05, 0) is 12.8 Å². The number of rotatable bonds is 5. The topological polar surface area (TPSA) is 52.6 Å². The number of hydrogen-bond donors (Lipinski definition) is 0. The molecule has 0 aromatic carbocycles. The molecular formula is C8H12O4. The molecule has 0 aliphatic heterocycles. The minimum absolute atomic E-state index is 0.286. The fraction of sp³-hybridized carbons (Fsp3) is 0.500. The first kappa shape index (κ1) is 10.9. The van der Waals surface area contributed by atoms with Crippen molar-refractivity contribution >= 4 is 11.9 Å². The third-order valence-corrected chi connectivity index (χ3v) is 1.33. The predicted molar refractivity (Wildman–Crippen MR) is 41.4 cm³/mol. The summed E-state index contributed by atoms with van der Waals surface area (Å²) in [7, 11) is 5.93. The summed E-state index contributed by atoms with van der Waals surface area (Å²) in [5.41, 5.74) is 0. The molecule has 4 nitrogen and oxygen atoms in total. The number of ether oxygens (including phenoxy) is 2. The lowest BCUT2D eigenvalue weighted by Crippen LogP contribution is -2.01. The minimum Gasteiger partial charge on any atom is -0.462 e. The van der Waals surface area contributed by atoms with Crippen molar-refractivity contribution in [3.8, 4) is 0 Å². The van der Waals surface area contributed by atoms with Gasteiger partial charge in [-0.25, -0.2) is 0 Å². The average molecular weight is 172 g/mol. The van der Waals surface area contributed by atoms with Gasteiger partial charge in [0.15, 0.2) is 0 Å². The third-order valence-electron chi connectivity index (χ3n) is 1.33. The molecule has 0 spiro atoms. The first-order valence-electron chi connectivity index (χ1n) is 3.60. The second kappa shape index (κ2) is 6.64. The van der Waals surface area contributed by atoms with E-state index in [0.717, 1.165) is 0 Å². The Morgan fingerprint density at radius 1 is 0.917 bits per heavy atom. The van der Waals surface area contributed by atoms with Crippen LogP contribution in [0.3, 0.4) is 0 Å². The Labute approximate surface area is 71.8 Å². The monoisotopic (exact) mass is 172 g/mol. The van der Waals surface area contributed by atoms with Crippen LogP contribution in [0.2, 0.25) is 0 Å². The van der Waals surface area contributed by atoms with Crippen LogP contribution >= 0.6 is 0 Å². The zero-order chi connectivity index (χ0) is 9.40. The van der Waals surface area contributed by atoms with E-state index in [9.17, 15) is 9.59 Å². The van der Waals surface area contributed by atoms with Gasteiger partial charge in [-0.3, -0.25) is 9.59 Å². The van der Waals surface area contributed by atoms with E-state index in [-0.39, 0.29) is 24.8 Å². The fourth-order valence-electron chi connectivity index (χ4n) is 0.683. The summed E-state index contributed by atoms with van der Waals surface area (Å²) in [6, 6.07) is 0. The lowest BCUT2D eigenvalue weighted by Gasteiger charge is -1.98. The quantitative estimate of drug-likeness (QED) is 0.462. The summed E-state index contributed by atoms with van der Waals surface area (Å²) in [5, 5.41) is 0. The van der Waals surface area contributed by atoms with E-state index in [1.807, 2.05) is 0 Å². The Bertz CT molecular complexity index is 135. The summed E-state index contributed by atoms with van der Waals surface area (Å²) >= 11 is 0. The van der Waals surface area contributed by atoms with Gasteiger partial charge in [0.1, 0.15) is 14.2 Å². The van der Waals surface area contributed by atoms with E-state index in [1.54, 1.807) is 0 Å². The Hall–Kier alpha value is -1.06. The van der Waals surface area contributed by atoms with Crippen LogP contribution in [0.1, 0.15) is 25.7 Å². The summed E-state index contributed by atoms with van der Waals surface area (Å²) in [6.07, 6.45) is 1.77. The molecule has 0 fully saturated rings. The molecule has 0 saturated carbocycles. The molecule has 0 amide bonds. The molecule has 12 heavy (non-hydrogen) atoms. The summed E-state index contributed by atoms with van der Waals surface area (Å²) in [6.45, 7) is 0. The van der Waals surface area contributed by atoms with Crippen LogP contribution < -0.4 is 0 Å². The van der Waals surface area contributed by atoms with Crippen LogP contribution in [-0.4, -0.2) is 11.9 Å². The molecule has 0 saturated heterocycles. The molecule has 0 aromatic heterocycles. The van der Waals surface area contributed by atoms with E-state index in [2.05, 4.69) is 23.7 Å². The molecule has 4 heteroatoms. The van der Waals surface area contributed by atoms with E-state index in [4.69, 9.17) is 0 Å². The third kappa shape index (κ3) is 5.70. The summed E-state index contributed by atoms with van der Waals surface area (Å²) < 4.78 is 8.33. The first-order valence-corrected chi connectivity index (χ1v) is 3.60. The van der Waals surface area contributed by atoms with Crippen molar-refractivity contribution in [3.05, 3.63) is 14.2 Å². The van der Waals surface area contributed by atoms with Gasteiger partial charge in [-0.1, -0.05) is 0 Å². The van der Waals surface area contributed by atoms with Crippen LogP contribution in [0.5, 0.6) is 0 Å². The zero-order valence-corrected chi connectivity index (χ0v) is 6.88. The minimum atomic E-state index is -0.363. The molecule has 68 valence electrons. The molecule has 0 unspecified atom stereocenters. The lowest BCUT2D eigenvalue weighted by molar-refractivity contribution is -0.140. The van der Waals surface area contributed by atoms with Crippen molar-refractivity contribution in [1.82, 2.24) is 0 Å². The molecule has 2 radical (unpaired) electrons. The molecular weight excluding hydrogens is 160 g/mol. The van der Waals surface area contributed by atoms with Crippen molar-refractivity contribution in [2.45, 2.75) is 25.7 Å². The first-order chi connectivity index (χ1) is 5.70. The molecule has 0 heterocycles. The molecule has 0 rings (SSSR count). The van der Waals surface area contributed by atoms with Crippen LogP contribution in [0.25, 0.3) is 0 Å². The second-order valence-corrected chi connectivity index (χ2v) is 2.24. The van der Waals surface area contributed by atoms with Gasteiger partial charge in [-0.2, -0.15) is 0 Å². The number of unbranched alkanes of at least 4 members (excludes halogenated alkanes) is 1. The largest absolute Gasteiger partial charge is 0.462 e. The van der Waals surface area contributed by atoms with Crippen LogP contribution in [-0.2, 0) is 19.1 Å². The maximum Gasteiger partial charge on any atom is 0.305 e. The van der Waals surface area contributed by atoms with E-state index in [1.165, 1.54) is 0 Å². The van der Waals surface area contributed by atoms with E-state index >= 15 is 0 Å². The smallest absolute Gasteiger partial charge is 0.305 e. The van der Waals surface area contributed by atoms with Crippen LogP contribution in [0.4, 0.5) is 0 Å². The average Bonchev–Trinajstić information content (AvgIpc) is 2.11. The number of esters is 2. The lowest BCUT2D eigenvalue weighted by atomic mass is 10.2. The SMILES string of the molecule is [CH2]OC(=O)CCCCC(=O)O[CH2]. The van der Waals surface area contributed by atoms with Crippen molar-refractivity contribution < 1.29 is 19.1 Å². The molecule has 0 atom stereocenters. The van der Waals surface area contributed by atoms with Gasteiger partial charge in [0.05, 0.1) is 0 Å². The summed E-state index contributed by atoms with van der Waals surface area (Å²) in [5.74, 6) is -0.726. The highest BCUT2D eigenvalue weighted by Crippen LogP contribution is 2.01. The zero-order valence-electron chi connectivity index (χ0n) is 6.88. The van der Waals surface area contributed by atoms with Gasteiger partial charge in [-0.15, -0.1) is 0 Å². The van der Waals surface area contributed by atoms with Crippen LogP contribution in [0, 0.1) is 14.2 Å². The Kier molecular flexibility index (Phi) is 6.05. The maximum atomic E-state index is 10.5. The highest BCUT2D eigenvalue weighted by molar-refractivity contribution is 5.70. The van der Waals surface area contributed by atoms with Crippen molar-refractivity contribution in [2.75, 3.05) is 0 Å². The number of carbonyl (C=O) groups excluding carboxylic acids is 2. The normalized spacial score (nSPS) is 9.17. The van der Waals surface area contributed by atoms with Gasteiger partial charge < -0.3 is 9.47 Å². The fourth-order valence-corrected chi connectivity index (χ4v) is 0.683. The number of hydrogen-bond acceptors (Lipinski definition) is 4.